The third kappa shape index (κ3) is 2.86. The molecule has 1 atom stereocenters. The molecular formula is C17H23N3O2. The molecule has 1 aliphatic rings. The second-order valence-corrected chi connectivity index (χ2v) is 5.89. The summed E-state index contributed by atoms with van der Waals surface area (Å²) in [5.74, 6) is 0.424. The molecule has 0 bridgehead atoms. The van der Waals surface area contributed by atoms with E-state index in [1.165, 1.54) is 5.52 Å². The summed E-state index contributed by atoms with van der Waals surface area (Å²) in [6, 6.07) is 8.59. The van der Waals surface area contributed by atoms with E-state index >= 15 is 0 Å². The highest BCUT2D eigenvalue weighted by atomic mass is 16.4. The minimum Gasteiger partial charge on any atom is -0.481 e. The first kappa shape index (κ1) is 15.0. The number of hydrogen-bond donors (Lipinski definition) is 1. The van der Waals surface area contributed by atoms with Crippen LogP contribution in [-0.2, 0) is 11.3 Å². The van der Waals surface area contributed by atoms with Gasteiger partial charge < -0.3 is 9.67 Å². The fourth-order valence-corrected chi connectivity index (χ4v) is 3.50. The normalized spacial score (nSPS) is 19.0. The number of aromatic nitrogens is 2. The fourth-order valence-electron chi connectivity index (χ4n) is 3.50. The Balaban J connectivity index is 1.84. The Bertz CT molecular complexity index is 665. The minimum atomic E-state index is -0.712. The van der Waals surface area contributed by atoms with Gasteiger partial charge in [0.05, 0.1) is 17.1 Å². The van der Waals surface area contributed by atoms with Crippen LogP contribution >= 0.6 is 0 Å². The van der Waals surface area contributed by atoms with Crippen molar-refractivity contribution in [3.63, 3.8) is 0 Å². The van der Waals surface area contributed by atoms with E-state index in [-0.39, 0.29) is 6.42 Å². The van der Waals surface area contributed by atoms with E-state index < -0.39 is 5.97 Å². The van der Waals surface area contributed by atoms with Crippen LogP contribution in [0, 0.1) is 0 Å². The number of fused-ring (bicyclic) bond motifs is 1. The zero-order chi connectivity index (χ0) is 15.5. The van der Waals surface area contributed by atoms with Gasteiger partial charge in [0.25, 0.3) is 0 Å². The van der Waals surface area contributed by atoms with Gasteiger partial charge in [-0.2, -0.15) is 0 Å². The molecule has 0 spiro atoms. The lowest BCUT2D eigenvalue weighted by molar-refractivity contribution is -0.137. The molecule has 2 aromatic rings. The van der Waals surface area contributed by atoms with E-state index in [4.69, 9.17) is 10.1 Å². The molecule has 1 N–H and O–H groups in total. The molecule has 22 heavy (non-hydrogen) atoms. The van der Waals surface area contributed by atoms with Crippen molar-refractivity contribution in [2.75, 3.05) is 13.1 Å². The number of nitrogens with zero attached hydrogens (tertiary/aromatic N) is 3. The molecule has 5 nitrogen and oxygen atoms in total. The largest absolute Gasteiger partial charge is 0.481 e. The van der Waals surface area contributed by atoms with Gasteiger partial charge in [-0.15, -0.1) is 0 Å². The van der Waals surface area contributed by atoms with Gasteiger partial charge in [-0.1, -0.05) is 12.1 Å². The molecule has 0 amide bonds. The second kappa shape index (κ2) is 6.48. The van der Waals surface area contributed by atoms with Crippen molar-refractivity contribution in [1.82, 2.24) is 14.5 Å². The molecule has 5 heteroatoms. The van der Waals surface area contributed by atoms with Gasteiger partial charge in [0, 0.05) is 13.0 Å². The van der Waals surface area contributed by atoms with Crippen molar-refractivity contribution in [1.29, 1.82) is 0 Å². The first-order chi connectivity index (χ1) is 10.7. The number of aryl methyl sites for hydroxylation is 1. The van der Waals surface area contributed by atoms with E-state index in [1.54, 1.807) is 0 Å². The highest BCUT2D eigenvalue weighted by Gasteiger charge is 2.29. The predicted octanol–water partition coefficient (Wildman–Crippen LogP) is 3.06. The van der Waals surface area contributed by atoms with E-state index in [0.29, 0.717) is 12.5 Å². The lowest BCUT2D eigenvalue weighted by Crippen LogP contribution is -2.27. The maximum Gasteiger partial charge on any atom is 0.303 e. The Kier molecular flexibility index (Phi) is 4.43. The van der Waals surface area contributed by atoms with Gasteiger partial charge in [-0.05, 0) is 51.4 Å². The number of carboxylic acids is 1. The first-order valence-corrected chi connectivity index (χ1v) is 8.11. The Morgan fingerprint density at radius 1 is 1.41 bits per heavy atom. The summed E-state index contributed by atoms with van der Waals surface area (Å²) >= 11 is 0. The average molecular weight is 301 g/mol. The summed E-state index contributed by atoms with van der Waals surface area (Å²) in [6.07, 6.45) is 3.21. The van der Waals surface area contributed by atoms with Crippen molar-refractivity contribution in [2.24, 2.45) is 0 Å². The number of aliphatic carboxylic acids is 1. The number of imidazole rings is 1. The lowest BCUT2D eigenvalue weighted by atomic mass is 10.2. The molecule has 0 aliphatic carbocycles. The van der Waals surface area contributed by atoms with Crippen molar-refractivity contribution in [2.45, 2.75) is 45.2 Å². The van der Waals surface area contributed by atoms with Crippen LogP contribution in [0.5, 0.6) is 0 Å². The maximum absolute atomic E-state index is 10.7. The number of carboxylic acid groups (broad SMARTS) is 1. The second-order valence-electron chi connectivity index (χ2n) is 5.89. The smallest absolute Gasteiger partial charge is 0.303 e. The van der Waals surface area contributed by atoms with Gasteiger partial charge >= 0.3 is 5.97 Å². The maximum atomic E-state index is 10.7. The van der Waals surface area contributed by atoms with E-state index in [2.05, 4.69) is 34.6 Å². The van der Waals surface area contributed by atoms with Gasteiger partial charge in [0.2, 0.25) is 0 Å². The molecule has 1 aromatic carbocycles. The van der Waals surface area contributed by atoms with Crippen molar-refractivity contribution < 1.29 is 9.90 Å². The van der Waals surface area contributed by atoms with E-state index in [1.807, 2.05) is 6.07 Å². The van der Waals surface area contributed by atoms with Crippen LogP contribution in [0.1, 0.15) is 44.5 Å². The third-order valence-electron chi connectivity index (χ3n) is 4.50. The summed E-state index contributed by atoms with van der Waals surface area (Å²) in [5, 5.41) is 8.81. The van der Waals surface area contributed by atoms with E-state index in [0.717, 1.165) is 43.8 Å². The van der Waals surface area contributed by atoms with Crippen molar-refractivity contribution in [3.8, 4) is 0 Å². The Labute approximate surface area is 130 Å². The number of para-hydroxylation sites is 2. The number of likely N-dealkylation sites (tertiary alicyclic amines) is 1. The fraction of sp³-hybridized carbons (Fsp3) is 0.529. The summed E-state index contributed by atoms with van der Waals surface area (Å²) in [7, 11) is 0. The summed E-state index contributed by atoms with van der Waals surface area (Å²) in [6.45, 7) is 4.94. The minimum absolute atomic E-state index is 0.243. The van der Waals surface area contributed by atoms with Gasteiger partial charge in [-0.3, -0.25) is 9.69 Å². The average Bonchev–Trinajstić information content (AvgIpc) is 3.09. The van der Waals surface area contributed by atoms with Crippen LogP contribution in [0.4, 0.5) is 0 Å². The molecule has 0 unspecified atom stereocenters. The third-order valence-corrected chi connectivity index (χ3v) is 4.50. The number of carbonyl (C=O) groups is 1. The van der Waals surface area contributed by atoms with Crippen LogP contribution in [0.25, 0.3) is 11.0 Å². The molecule has 118 valence electrons. The monoisotopic (exact) mass is 301 g/mol. The number of hydrogen-bond acceptors (Lipinski definition) is 3. The molecule has 3 rings (SSSR count). The number of benzene rings is 1. The highest BCUT2D eigenvalue weighted by Crippen LogP contribution is 2.33. The molecule has 2 heterocycles. The summed E-state index contributed by atoms with van der Waals surface area (Å²) in [5.41, 5.74) is 2.24. The molecule has 1 aromatic heterocycles. The zero-order valence-electron chi connectivity index (χ0n) is 13.0. The first-order valence-electron chi connectivity index (χ1n) is 8.11. The quantitative estimate of drug-likeness (QED) is 0.891. The van der Waals surface area contributed by atoms with Crippen LogP contribution in [0.15, 0.2) is 24.3 Å². The standard InChI is InChI=1S/C17H23N3O2/c1-2-20-14-8-4-3-7-13(14)18-17(20)15-9-5-11-19(15)12-6-10-16(21)22/h3-4,7-8,15H,2,5-6,9-12H2,1H3,(H,21,22)/t15-/m1/s1. The van der Waals surface area contributed by atoms with Gasteiger partial charge in [0.15, 0.2) is 0 Å². The van der Waals surface area contributed by atoms with Crippen molar-refractivity contribution in [3.05, 3.63) is 30.1 Å². The molecule has 1 fully saturated rings. The van der Waals surface area contributed by atoms with Crippen LogP contribution in [-0.4, -0.2) is 38.6 Å². The summed E-state index contributed by atoms with van der Waals surface area (Å²) in [4.78, 5) is 18.0. The summed E-state index contributed by atoms with van der Waals surface area (Å²) < 4.78 is 2.30. The number of rotatable bonds is 6. The highest BCUT2D eigenvalue weighted by molar-refractivity contribution is 5.76. The Morgan fingerprint density at radius 3 is 3.00 bits per heavy atom. The van der Waals surface area contributed by atoms with Crippen LogP contribution in [0.2, 0.25) is 0 Å². The Hall–Kier alpha value is -1.88. The van der Waals surface area contributed by atoms with Crippen LogP contribution < -0.4 is 0 Å². The predicted molar refractivity (Wildman–Crippen MR) is 85.8 cm³/mol. The Morgan fingerprint density at radius 2 is 2.23 bits per heavy atom. The van der Waals surface area contributed by atoms with Crippen molar-refractivity contribution >= 4 is 17.0 Å². The van der Waals surface area contributed by atoms with Gasteiger partial charge in [-0.25, -0.2) is 4.98 Å². The molecule has 1 saturated heterocycles. The van der Waals surface area contributed by atoms with Crippen LogP contribution in [0.3, 0.4) is 0 Å². The molecule has 1 aliphatic heterocycles. The molecular weight excluding hydrogens is 278 g/mol. The SMILES string of the molecule is CCn1c([C@H]2CCCN2CCCC(=O)O)nc2ccccc21. The topological polar surface area (TPSA) is 58.4 Å². The molecule has 0 radical (unpaired) electrons. The zero-order valence-corrected chi connectivity index (χ0v) is 13.0. The molecule has 0 saturated carbocycles. The van der Waals surface area contributed by atoms with E-state index in [9.17, 15) is 4.79 Å². The lowest BCUT2D eigenvalue weighted by Gasteiger charge is -2.24. The van der Waals surface area contributed by atoms with Gasteiger partial charge in [0.1, 0.15) is 5.82 Å².